The lowest BCUT2D eigenvalue weighted by Crippen LogP contribution is -2.44. The zero-order chi connectivity index (χ0) is 13.8. The lowest BCUT2D eigenvalue weighted by atomic mass is 10.1. The molecule has 1 saturated heterocycles. The van der Waals surface area contributed by atoms with Gasteiger partial charge in [-0.05, 0) is 12.5 Å². The van der Waals surface area contributed by atoms with E-state index in [2.05, 4.69) is 10.2 Å². The molecule has 0 aliphatic carbocycles. The number of rotatable bonds is 4. The monoisotopic (exact) mass is 288 g/mol. The van der Waals surface area contributed by atoms with Crippen LogP contribution in [0, 0.1) is 5.82 Å². The van der Waals surface area contributed by atoms with E-state index in [9.17, 15) is 9.50 Å². The van der Waals surface area contributed by atoms with E-state index in [0.29, 0.717) is 12.0 Å². The van der Waals surface area contributed by atoms with E-state index in [1.165, 1.54) is 7.11 Å². The second-order valence-electron chi connectivity index (χ2n) is 4.55. The number of phenols is 1. The minimum atomic E-state index is -0.787. The van der Waals surface area contributed by atoms with Crippen molar-refractivity contribution in [2.24, 2.45) is 0 Å². The van der Waals surface area contributed by atoms with Gasteiger partial charge in [0, 0.05) is 38.3 Å². The molecule has 0 aromatic heterocycles. The summed E-state index contributed by atoms with van der Waals surface area (Å²) in [5, 5.41) is 12.8. The smallest absolute Gasteiger partial charge is 0.208 e. The van der Waals surface area contributed by atoms with Gasteiger partial charge in [-0.3, -0.25) is 0 Å². The number of piperazine rings is 1. The first-order chi connectivity index (χ1) is 9.13. The van der Waals surface area contributed by atoms with Crippen molar-refractivity contribution in [3.05, 3.63) is 22.5 Å². The SMILES string of the molecule is COc1c(CCN2CCNCC2)cc(Cl)c(O)c1F. The number of nitrogens with one attached hydrogen (secondary N) is 1. The molecule has 0 bridgehead atoms. The number of nitrogens with zero attached hydrogens (tertiary/aromatic N) is 1. The van der Waals surface area contributed by atoms with Gasteiger partial charge in [0.1, 0.15) is 0 Å². The van der Waals surface area contributed by atoms with Gasteiger partial charge in [0.15, 0.2) is 11.5 Å². The van der Waals surface area contributed by atoms with Gasteiger partial charge in [0.2, 0.25) is 5.82 Å². The fraction of sp³-hybridized carbons (Fsp3) is 0.538. The van der Waals surface area contributed by atoms with E-state index in [0.717, 1.165) is 32.7 Å². The van der Waals surface area contributed by atoms with Crippen LogP contribution in [0.3, 0.4) is 0 Å². The maximum atomic E-state index is 13.8. The van der Waals surface area contributed by atoms with Gasteiger partial charge >= 0.3 is 0 Å². The Balaban J connectivity index is 2.10. The fourth-order valence-corrected chi connectivity index (χ4v) is 2.47. The predicted octanol–water partition coefficient (Wildman–Crippen LogP) is 1.64. The molecule has 0 amide bonds. The number of phenolic OH excluding ortho intramolecular Hbond substituents is 1. The molecular formula is C13H18ClFN2O2. The van der Waals surface area contributed by atoms with Gasteiger partial charge in [-0.15, -0.1) is 0 Å². The molecule has 2 rings (SSSR count). The number of benzene rings is 1. The number of hydrogen-bond donors (Lipinski definition) is 2. The van der Waals surface area contributed by atoms with E-state index >= 15 is 0 Å². The van der Waals surface area contributed by atoms with Gasteiger partial charge in [-0.1, -0.05) is 11.6 Å². The molecule has 1 aliphatic heterocycles. The van der Waals surface area contributed by atoms with Crippen LogP contribution in [0.2, 0.25) is 5.02 Å². The molecule has 1 aliphatic rings. The molecule has 0 radical (unpaired) electrons. The second kappa shape index (κ2) is 6.41. The van der Waals surface area contributed by atoms with Crippen molar-refractivity contribution in [2.75, 3.05) is 39.8 Å². The zero-order valence-electron chi connectivity index (χ0n) is 10.9. The summed E-state index contributed by atoms with van der Waals surface area (Å²) in [4.78, 5) is 2.30. The van der Waals surface area contributed by atoms with Crippen molar-refractivity contribution in [1.82, 2.24) is 10.2 Å². The van der Waals surface area contributed by atoms with E-state index in [1.807, 2.05) is 0 Å². The Bertz CT molecular complexity index is 451. The third-order valence-electron chi connectivity index (χ3n) is 3.34. The van der Waals surface area contributed by atoms with E-state index in [4.69, 9.17) is 16.3 Å². The van der Waals surface area contributed by atoms with Gasteiger partial charge in [-0.2, -0.15) is 4.39 Å². The van der Waals surface area contributed by atoms with Crippen molar-refractivity contribution in [3.63, 3.8) is 0 Å². The van der Waals surface area contributed by atoms with Crippen molar-refractivity contribution in [2.45, 2.75) is 6.42 Å². The van der Waals surface area contributed by atoms with E-state index < -0.39 is 11.6 Å². The van der Waals surface area contributed by atoms with Crippen molar-refractivity contribution in [3.8, 4) is 11.5 Å². The van der Waals surface area contributed by atoms with E-state index in [1.54, 1.807) is 6.07 Å². The highest BCUT2D eigenvalue weighted by Crippen LogP contribution is 2.36. The average molecular weight is 289 g/mol. The van der Waals surface area contributed by atoms with Crippen LogP contribution < -0.4 is 10.1 Å². The highest BCUT2D eigenvalue weighted by atomic mass is 35.5. The number of ether oxygens (including phenoxy) is 1. The first-order valence-electron chi connectivity index (χ1n) is 6.30. The molecular weight excluding hydrogens is 271 g/mol. The van der Waals surface area contributed by atoms with Crippen LogP contribution in [-0.4, -0.2) is 49.8 Å². The number of methoxy groups -OCH3 is 1. The predicted molar refractivity (Wildman–Crippen MR) is 72.6 cm³/mol. The molecule has 0 atom stereocenters. The summed E-state index contributed by atoms with van der Waals surface area (Å²) in [7, 11) is 1.39. The summed E-state index contributed by atoms with van der Waals surface area (Å²) < 4.78 is 18.8. The summed E-state index contributed by atoms with van der Waals surface area (Å²) >= 11 is 5.80. The van der Waals surface area contributed by atoms with Crippen LogP contribution in [0.25, 0.3) is 0 Å². The summed E-state index contributed by atoms with van der Waals surface area (Å²) in [6.07, 6.45) is 0.639. The number of aromatic hydroxyl groups is 1. The molecule has 106 valence electrons. The van der Waals surface area contributed by atoms with Crippen LogP contribution in [0.4, 0.5) is 4.39 Å². The summed E-state index contributed by atoms with van der Waals surface area (Å²) in [6.45, 7) is 4.73. The molecule has 1 heterocycles. The summed E-state index contributed by atoms with van der Waals surface area (Å²) in [5.74, 6) is -1.26. The Kier molecular flexibility index (Phi) is 4.85. The third-order valence-corrected chi connectivity index (χ3v) is 3.63. The van der Waals surface area contributed by atoms with Crippen molar-refractivity contribution < 1.29 is 14.2 Å². The minimum absolute atomic E-state index is 0.0219. The molecule has 0 saturated carbocycles. The minimum Gasteiger partial charge on any atom is -0.504 e. The van der Waals surface area contributed by atoms with Crippen LogP contribution >= 0.6 is 11.6 Å². The van der Waals surface area contributed by atoms with E-state index in [-0.39, 0.29) is 10.8 Å². The van der Waals surface area contributed by atoms with Crippen molar-refractivity contribution in [1.29, 1.82) is 0 Å². The molecule has 19 heavy (non-hydrogen) atoms. The first kappa shape index (κ1) is 14.4. The lowest BCUT2D eigenvalue weighted by Gasteiger charge is -2.27. The second-order valence-corrected chi connectivity index (χ2v) is 4.96. The molecule has 6 heteroatoms. The number of hydrogen-bond acceptors (Lipinski definition) is 4. The van der Waals surface area contributed by atoms with Crippen LogP contribution in [0.5, 0.6) is 11.5 Å². The molecule has 4 nitrogen and oxygen atoms in total. The van der Waals surface area contributed by atoms with Crippen molar-refractivity contribution >= 4 is 11.6 Å². The highest BCUT2D eigenvalue weighted by Gasteiger charge is 2.18. The topological polar surface area (TPSA) is 44.7 Å². The van der Waals surface area contributed by atoms with Crippen LogP contribution in [-0.2, 0) is 6.42 Å². The molecule has 1 fully saturated rings. The Morgan fingerprint density at radius 2 is 2.16 bits per heavy atom. The Morgan fingerprint density at radius 3 is 2.79 bits per heavy atom. The van der Waals surface area contributed by atoms with Gasteiger partial charge in [-0.25, -0.2) is 0 Å². The largest absolute Gasteiger partial charge is 0.504 e. The van der Waals surface area contributed by atoms with Crippen LogP contribution in [0.1, 0.15) is 5.56 Å². The fourth-order valence-electron chi connectivity index (χ4n) is 2.26. The molecule has 2 N–H and O–H groups in total. The van der Waals surface area contributed by atoms with Crippen LogP contribution in [0.15, 0.2) is 6.07 Å². The molecule has 1 aromatic rings. The normalized spacial score (nSPS) is 16.6. The first-order valence-corrected chi connectivity index (χ1v) is 6.68. The maximum absolute atomic E-state index is 13.8. The molecule has 0 unspecified atom stereocenters. The van der Waals surface area contributed by atoms with Gasteiger partial charge < -0.3 is 20.1 Å². The third kappa shape index (κ3) is 3.29. The molecule has 0 spiro atoms. The Hall–Kier alpha value is -1.04. The number of halogens is 2. The average Bonchev–Trinajstić information content (AvgIpc) is 2.44. The quantitative estimate of drug-likeness (QED) is 0.884. The molecule has 1 aromatic carbocycles. The Labute approximate surface area is 117 Å². The standard InChI is InChI=1S/C13H18ClFN2O2/c1-19-13-9(8-10(14)12(18)11(13)15)2-5-17-6-3-16-4-7-17/h8,16,18H,2-7H2,1H3. The van der Waals surface area contributed by atoms with Gasteiger partial charge in [0.05, 0.1) is 12.1 Å². The Morgan fingerprint density at radius 1 is 1.47 bits per heavy atom. The summed E-state index contributed by atoms with van der Waals surface area (Å²) in [5.41, 5.74) is 0.682. The maximum Gasteiger partial charge on any atom is 0.208 e. The van der Waals surface area contributed by atoms with Gasteiger partial charge in [0.25, 0.3) is 0 Å². The highest BCUT2D eigenvalue weighted by molar-refractivity contribution is 6.32. The zero-order valence-corrected chi connectivity index (χ0v) is 11.6. The summed E-state index contributed by atoms with van der Waals surface area (Å²) in [6, 6.07) is 1.57. The lowest BCUT2D eigenvalue weighted by molar-refractivity contribution is 0.242.